The lowest BCUT2D eigenvalue weighted by atomic mass is 9.90. The third kappa shape index (κ3) is 6.39. The fraction of sp³-hybridized carbons (Fsp3) is 0.933. The van der Waals surface area contributed by atoms with Crippen LogP contribution in [-0.2, 0) is 9.53 Å². The van der Waals surface area contributed by atoms with Crippen molar-refractivity contribution >= 4 is 5.91 Å². The van der Waals surface area contributed by atoms with E-state index in [4.69, 9.17) is 10.5 Å². The van der Waals surface area contributed by atoms with Gasteiger partial charge in [-0.05, 0) is 25.8 Å². The van der Waals surface area contributed by atoms with E-state index >= 15 is 0 Å². The maximum Gasteiger partial charge on any atom is 0.225 e. The minimum atomic E-state index is 0.231. The molecule has 0 saturated heterocycles. The predicted octanol–water partition coefficient (Wildman–Crippen LogP) is 2.17. The molecule has 0 radical (unpaired) electrons. The van der Waals surface area contributed by atoms with E-state index in [-0.39, 0.29) is 5.92 Å². The number of amides is 1. The molecule has 112 valence electrons. The van der Waals surface area contributed by atoms with Crippen molar-refractivity contribution in [2.75, 3.05) is 33.4 Å². The first kappa shape index (κ1) is 16.4. The molecule has 1 amide bonds. The van der Waals surface area contributed by atoms with Crippen LogP contribution in [0.1, 0.15) is 51.4 Å². The first-order valence-electron chi connectivity index (χ1n) is 7.77. The van der Waals surface area contributed by atoms with Crippen LogP contribution in [0.4, 0.5) is 0 Å². The molecule has 0 aromatic carbocycles. The van der Waals surface area contributed by atoms with Crippen LogP contribution in [0.2, 0.25) is 0 Å². The Kier molecular flexibility index (Phi) is 8.84. The summed E-state index contributed by atoms with van der Waals surface area (Å²) in [4.78, 5) is 14.6. The van der Waals surface area contributed by atoms with Crippen molar-refractivity contribution in [1.29, 1.82) is 0 Å². The normalized spacial score (nSPS) is 17.8. The van der Waals surface area contributed by atoms with E-state index < -0.39 is 0 Å². The Labute approximate surface area is 117 Å². The van der Waals surface area contributed by atoms with Crippen molar-refractivity contribution < 1.29 is 9.53 Å². The van der Waals surface area contributed by atoms with Gasteiger partial charge in [0.1, 0.15) is 0 Å². The van der Waals surface area contributed by atoms with Gasteiger partial charge in [-0.15, -0.1) is 0 Å². The van der Waals surface area contributed by atoms with Crippen molar-refractivity contribution in [3.63, 3.8) is 0 Å². The van der Waals surface area contributed by atoms with Gasteiger partial charge >= 0.3 is 0 Å². The van der Waals surface area contributed by atoms with Crippen LogP contribution in [0.3, 0.4) is 0 Å². The highest BCUT2D eigenvalue weighted by Crippen LogP contribution is 2.24. The summed E-state index contributed by atoms with van der Waals surface area (Å²) in [6.45, 7) is 2.73. The van der Waals surface area contributed by atoms with Crippen molar-refractivity contribution in [1.82, 2.24) is 4.90 Å². The lowest BCUT2D eigenvalue weighted by Crippen LogP contribution is -2.39. The Morgan fingerprint density at radius 2 is 1.79 bits per heavy atom. The molecule has 0 heterocycles. The molecular formula is C15H30N2O2. The number of methoxy groups -OCH3 is 1. The molecule has 0 unspecified atom stereocenters. The second-order valence-electron chi connectivity index (χ2n) is 5.50. The maximum absolute atomic E-state index is 12.6. The van der Waals surface area contributed by atoms with Gasteiger partial charge in [-0.2, -0.15) is 0 Å². The average Bonchev–Trinajstić information content (AvgIpc) is 2.38. The number of rotatable bonds is 7. The largest absolute Gasteiger partial charge is 0.383 e. The second kappa shape index (κ2) is 10.2. The molecule has 4 nitrogen and oxygen atoms in total. The predicted molar refractivity (Wildman–Crippen MR) is 77.9 cm³/mol. The van der Waals surface area contributed by atoms with Crippen LogP contribution in [-0.4, -0.2) is 44.2 Å². The summed E-state index contributed by atoms with van der Waals surface area (Å²) in [6, 6.07) is 0. The standard InChI is InChI=1S/C15H30N2O2/c1-19-13-12-17(11-7-10-16)15(18)14-8-5-3-2-4-6-9-14/h14H,2-13,16H2,1H3. The summed E-state index contributed by atoms with van der Waals surface area (Å²) >= 11 is 0. The van der Waals surface area contributed by atoms with E-state index in [1.807, 2.05) is 4.90 Å². The van der Waals surface area contributed by atoms with Gasteiger partial charge in [-0.3, -0.25) is 4.79 Å². The summed E-state index contributed by atoms with van der Waals surface area (Å²) in [5.41, 5.74) is 5.56. The molecule has 0 aromatic rings. The Morgan fingerprint density at radius 3 is 2.37 bits per heavy atom. The van der Waals surface area contributed by atoms with Crippen LogP contribution in [0.25, 0.3) is 0 Å². The lowest BCUT2D eigenvalue weighted by molar-refractivity contribution is -0.137. The molecule has 1 aliphatic rings. The van der Waals surface area contributed by atoms with Crippen molar-refractivity contribution in [3.05, 3.63) is 0 Å². The minimum absolute atomic E-state index is 0.231. The number of carbonyl (C=O) groups excluding carboxylic acids is 1. The van der Waals surface area contributed by atoms with Gasteiger partial charge in [0.25, 0.3) is 0 Å². The molecule has 4 heteroatoms. The number of nitrogens with two attached hydrogens (primary N) is 1. The molecule has 0 aromatic heterocycles. The molecule has 19 heavy (non-hydrogen) atoms. The Bertz CT molecular complexity index is 230. The summed E-state index contributed by atoms with van der Waals surface area (Å²) in [6.07, 6.45) is 9.30. The monoisotopic (exact) mass is 270 g/mol. The molecule has 0 aliphatic heterocycles. The second-order valence-corrected chi connectivity index (χ2v) is 5.50. The highest BCUT2D eigenvalue weighted by atomic mass is 16.5. The number of nitrogens with zero attached hydrogens (tertiary/aromatic N) is 1. The van der Waals surface area contributed by atoms with Gasteiger partial charge in [0.05, 0.1) is 6.61 Å². The molecular weight excluding hydrogens is 240 g/mol. The van der Waals surface area contributed by atoms with Crippen molar-refractivity contribution in [2.45, 2.75) is 51.4 Å². The molecule has 1 saturated carbocycles. The SMILES string of the molecule is COCCN(CCCN)C(=O)C1CCCCCCC1. The molecule has 1 aliphatic carbocycles. The summed E-state index contributed by atoms with van der Waals surface area (Å²) in [5.74, 6) is 0.558. The van der Waals surface area contributed by atoms with Gasteiger partial charge in [0.2, 0.25) is 5.91 Å². The van der Waals surface area contributed by atoms with E-state index in [1.165, 1.54) is 32.1 Å². The zero-order chi connectivity index (χ0) is 13.9. The topological polar surface area (TPSA) is 55.6 Å². The number of ether oxygens (including phenoxy) is 1. The smallest absolute Gasteiger partial charge is 0.225 e. The quantitative estimate of drug-likeness (QED) is 0.771. The minimum Gasteiger partial charge on any atom is -0.383 e. The highest BCUT2D eigenvalue weighted by Gasteiger charge is 2.24. The van der Waals surface area contributed by atoms with Crippen LogP contribution >= 0.6 is 0 Å². The molecule has 0 bridgehead atoms. The van der Waals surface area contributed by atoms with Gasteiger partial charge in [0.15, 0.2) is 0 Å². The van der Waals surface area contributed by atoms with Gasteiger partial charge < -0.3 is 15.4 Å². The molecule has 0 atom stereocenters. The lowest BCUT2D eigenvalue weighted by Gasteiger charge is -2.28. The fourth-order valence-corrected chi connectivity index (χ4v) is 2.78. The van der Waals surface area contributed by atoms with E-state index in [0.29, 0.717) is 25.6 Å². The molecule has 1 fully saturated rings. The Morgan fingerprint density at radius 1 is 1.16 bits per heavy atom. The first-order valence-corrected chi connectivity index (χ1v) is 7.77. The van der Waals surface area contributed by atoms with Crippen molar-refractivity contribution in [2.24, 2.45) is 11.7 Å². The van der Waals surface area contributed by atoms with Crippen LogP contribution in [0.5, 0.6) is 0 Å². The van der Waals surface area contributed by atoms with Gasteiger partial charge in [0, 0.05) is 26.1 Å². The van der Waals surface area contributed by atoms with Crippen LogP contribution < -0.4 is 5.73 Å². The van der Waals surface area contributed by atoms with Gasteiger partial charge in [-0.25, -0.2) is 0 Å². The third-order valence-corrected chi connectivity index (χ3v) is 3.96. The number of carbonyl (C=O) groups is 1. The number of hydrogen-bond acceptors (Lipinski definition) is 3. The molecule has 1 rings (SSSR count). The Balaban J connectivity index is 2.50. The third-order valence-electron chi connectivity index (χ3n) is 3.96. The zero-order valence-electron chi connectivity index (χ0n) is 12.4. The molecule has 2 N–H and O–H groups in total. The zero-order valence-corrected chi connectivity index (χ0v) is 12.4. The fourth-order valence-electron chi connectivity index (χ4n) is 2.78. The molecule has 0 spiro atoms. The van der Waals surface area contributed by atoms with E-state index in [0.717, 1.165) is 25.8 Å². The number of hydrogen-bond donors (Lipinski definition) is 1. The van der Waals surface area contributed by atoms with Crippen LogP contribution in [0, 0.1) is 5.92 Å². The summed E-state index contributed by atoms with van der Waals surface area (Å²) in [5, 5.41) is 0. The summed E-state index contributed by atoms with van der Waals surface area (Å²) < 4.78 is 5.11. The van der Waals surface area contributed by atoms with E-state index in [2.05, 4.69) is 0 Å². The highest BCUT2D eigenvalue weighted by molar-refractivity contribution is 5.78. The van der Waals surface area contributed by atoms with Crippen molar-refractivity contribution in [3.8, 4) is 0 Å². The maximum atomic E-state index is 12.6. The van der Waals surface area contributed by atoms with E-state index in [9.17, 15) is 4.79 Å². The van der Waals surface area contributed by atoms with E-state index in [1.54, 1.807) is 7.11 Å². The summed E-state index contributed by atoms with van der Waals surface area (Å²) in [7, 11) is 1.68. The average molecular weight is 270 g/mol. The van der Waals surface area contributed by atoms with Gasteiger partial charge in [-0.1, -0.05) is 32.1 Å². The first-order chi connectivity index (χ1) is 9.29. The Hall–Kier alpha value is -0.610. The van der Waals surface area contributed by atoms with Crippen LogP contribution in [0.15, 0.2) is 0 Å².